The third-order valence-electron chi connectivity index (χ3n) is 2.04. The molecule has 1 aromatic carbocycles. The predicted octanol–water partition coefficient (Wildman–Crippen LogP) is 2.78. The standard InChI is InChI=1S/C11H8IN3OS/c12-9-1-7(3-13)2-10(14)11(9)16-5-8-4-15-6-17-8/h1-2,4,6H,5,14H2. The van der Waals surface area contributed by atoms with E-state index < -0.39 is 0 Å². The predicted molar refractivity (Wildman–Crippen MR) is 74.7 cm³/mol. The first kappa shape index (κ1) is 12.1. The van der Waals surface area contributed by atoms with Gasteiger partial charge in [-0.2, -0.15) is 5.26 Å². The molecule has 0 unspecified atom stereocenters. The van der Waals surface area contributed by atoms with E-state index in [2.05, 4.69) is 33.6 Å². The molecule has 2 N–H and O–H groups in total. The molecular formula is C11H8IN3OS. The third-order valence-corrected chi connectivity index (χ3v) is 3.60. The maximum atomic E-state index is 8.80. The summed E-state index contributed by atoms with van der Waals surface area (Å²) in [5.41, 5.74) is 8.62. The van der Waals surface area contributed by atoms with Crippen molar-refractivity contribution in [1.82, 2.24) is 4.98 Å². The number of anilines is 1. The van der Waals surface area contributed by atoms with Crippen molar-refractivity contribution >= 4 is 39.6 Å². The van der Waals surface area contributed by atoms with Gasteiger partial charge in [-0.3, -0.25) is 4.98 Å². The molecule has 0 aliphatic heterocycles. The normalized spacial score (nSPS) is 9.88. The fraction of sp³-hybridized carbons (Fsp3) is 0.0909. The van der Waals surface area contributed by atoms with Gasteiger partial charge >= 0.3 is 0 Å². The lowest BCUT2D eigenvalue weighted by Gasteiger charge is -2.10. The fourth-order valence-corrected chi connectivity index (χ4v) is 2.60. The van der Waals surface area contributed by atoms with Gasteiger partial charge < -0.3 is 10.5 Å². The van der Waals surface area contributed by atoms with Crippen LogP contribution in [0.1, 0.15) is 10.4 Å². The van der Waals surface area contributed by atoms with E-state index in [1.165, 1.54) is 11.3 Å². The molecule has 0 saturated heterocycles. The summed E-state index contributed by atoms with van der Waals surface area (Å²) in [6.45, 7) is 0.441. The number of rotatable bonds is 3. The van der Waals surface area contributed by atoms with Gasteiger partial charge in [-0.15, -0.1) is 11.3 Å². The van der Waals surface area contributed by atoms with Gasteiger partial charge in [0.2, 0.25) is 0 Å². The topological polar surface area (TPSA) is 71.9 Å². The van der Waals surface area contributed by atoms with E-state index >= 15 is 0 Å². The van der Waals surface area contributed by atoms with E-state index in [4.69, 9.17) is 15.7 Å². The van der Waals surface area contributed by atoms with E-state index in [0.29, 0.717) is 23.6 Å². The smallest absolute Gasteiger partial charge is 0.156 e. The van der Waals surface area contributed by atoms with Gasteiger partial charge in [0, 0.05) is 6.20 Å². The second-order valence-corrected chi connectivity index (χ2v) is 5.38. The lowest BCUT2D eigenvalue weighted by Crippen LogP contribution is -2.00. The number of benzene rings is 1. The molecule has 0 aliphatic rings. The first-order valence-electron chi connectivity index (χ1n) is 4.70. The Labute approximate surface area is 116 Å². The van der Waals surface area contributed by atoms with E-state index in [0.717, 1.165) is 8.45 Å². The van der Waals surface area contributed by atoms with Crippen LogP contribution in [0.25, 0.3) is 0 Å². The number of nitriles is 1. The second-order valence-electron chi connectivity index (χ2n) is 3.24. The highest BCUT2D eigenvalue weighted by atomic mass is 127. The molecule has 2 rings (SSSR count). The average molecular weight is 357 g/mol. The summed E-state index contributed by atoms with van der Waals surface area (Å²) in [6.07, 6.45) is 1.76. The van der Waals surface area contributed by atoms with Crippen LogP contribution < -0.4 is 10.5 Å². The number of halogens is 1. The lowest BCUT2D eigenvalue weighted by atomic mass is 10.2. The number of hydrogen-bond donors (Lipinski definition) is 1. The van der Waals surface area contributed by atoms with Crippen molar-refractivity contribution in [3.63, 3.8) is 0 Å². The van der Waals surface area contributed by atoms with E-state index in [9.17, 15) is 0 Å². The minimum absolute atomic E-state index is 0.441. The van der Waals surface area contributed by atoms with Gasteiger partial charge in [0.1, 0.15) is 6.61 Å². The number of thiazole rings is 1. The number of ether oxygens (including phenoxy) is 1. The first-order chi connectivity index (χ1) is 8.20. The maximum absolute atomic E-state index is 8.80. The summed E-state index contributed by atoms with van der Waals surface area (Å²) in [5, 5.41) is 8.80. The van der Waals surface area contributed by atoms with Gasteiger partial charge in [0.05, 0.1) is 31.3 Å². The molecule has 0 saturated carbocycles. The maximum Gasteiger partial charge on any atom is 0.156 e. The molecule has 0 amide bonds. The van der Waals surface area contributed by atoms with Gasteiger partial charge in [-0.1, -0.05) is 0 Å². The minimum Gasteiger partial charge on any atom is -0.485 e. The zero-order valence-electron chi connectivity index (χ0n) is 8.68. The molecule has 86 valence electrons. The Bertz CT molecular complexity index is 540. The summed E-state index contributed by atoms with van der Waals surface area (Å²) in [6, 6.07) is 5.42. The average Bonchev–Trinajstić information content (AvgIpc) is 2.80. The Morgan fingerprint density at radius 1 is 1.53 bits per heavy atom. The highest BCUT2D eigenvalue weighted by Gasteiger charge is 2.09. The van der Waals surface area contributed by atoms with E-state index in [1.54, 1.807) is 23.8 Å². The van der Waals surface area contributed by atoms with Crippen molar-refractivity contribution in [1.29, 1.82) is 5.26 Å². The van der Waals surface area contributed by atoms with Crippen LogP contribution in [-0.2, 0) is 6.61 Å². The van der Waals surface area contributed by atoms with Crippen molar-refractivity contribution < 1.29 is 4.74 Å². The third kappa shape index (κ3) is 2.87. The van der Waals surface area contributed by atoms with Crippen LogP contribution in [0.3, 0.4) is 0 Å². The quantitative estimate of drug-likeness (QED) is 0.677. The molecule has 0 atom stereocenters. The SMILES string of the molecule is N#Cc1cc(N)c(OCc2cncs2)c(I)c1. The number of nitrogens with two attached hydrogens (primary N) is 1. The van der Waals surface area contributed by atoms with Crippen LogP contribution in [0.4, 0.5) is 5.69 Å². The van der Waals surface area contributed by atoms with Gasteiger partial charge in [0.15, 0.2) is 5.75 Å². The highest BCUT2D eigenvalue weighted by Crippen LogP contribution is 2.30. The molecule has 0 bridgehead atoms. The number of aromatic nitrogens is 1. The Kier molecular flexibility index (Phi) is 3.81. The Morgan fingerprint density at radius 3 is 2.94 bits per heavy atom. The van der Waals surface area contributed by atoms with Crippen LogP contribution in [0.2, 0.25) is 0 Å². The largest absolute Gasteiger partial charge is 0.485 e. The number of nitrogen functional groups attached to an aromatic ring is 1. The summed E-state index contributed by atoms with van der Waals surface area (Å²) in [7, 11) is 0. The van der Waals surface area contributed by atoms with Crippen LogP contribution in [0.15, 0.2) is 23.8 Å². The van der Waals surface area contributed by atoms with E-state index in [1.807, 2.05) is 0 Å². The minimum atomic E-state index is 0.441. The molecule has 0 spiro atoms. The summed E-state index contributed by atoms with van der Waals surface area (Å²) in [4.78, 5) is 5.00. The summed E-state index contributed by atoms with van der Waals surface area (Å²) >= 11 is 3.64. The van der Waals surface area contributed by atoms with E-state index in [-0.39, 0.29) is 0 Å². The van der Waals surface area contributed by atoms with Crippen molar-refractivity contribution in [3.8, 4) is 11.8 Å². The molecular weight excluding hydrogens is 349 g/mol. The molecule has 0 aliphatic carbocycles. The Balaban J connectivity index is 2.19. The van der Waals surface area contributed by atoms with Crippen molar-refractivity contribution in [2.45, 2.75) is 6.61 Å². The molecule has 2 aromatic rings. The highest BCUT2D eigenvalue weighted by molar-refractivity contribution is 14.1. The lowest BCUT2D eigenvalue weighted by molar-refractivity contribution is 0.309. The summed E-state index contributed by atoms with van der Waals surface area (Å²) < 4.78 is 6.48. The van der Waals surface area contributed by atoms with Crippen molar-refractivity contribution in [2.24, 2.45) is 0 Å². The molecule has 1 aromatic heterocycles. The molecule has 0 radical (unpaired) electrons. The van der Waals surface area contributed by atoms with Crippen LogP contribution in [0, 0.1) is 14.9 Å². The van der Waals surface area contributed by atoms with Crippen LogP contribution in [0.5, 0.6) is 5.75 Å². The van der Waals surface area contributed by atoms with Crippen LogP contribution in [-0.4, -0.2) is 4.98 Å². The Hall–Kier alpha value is -1.33. The fourth-order valence-electron chi connectivity index (χ4n) is 1.29. The van der Waals surface area contributed by atoms with Gasteiger partial charge in [-0.25, -0.2) is 0 Å². The van der Waals surface area contributed by atoms with Gasteiger partial charge in [0.25, 0.3) is 0 Å². The molecule has 17 heavy (non-hydrogen) atoms. The van der Waals surface area contributed by atoms with Crippen molar-refractivity contribution in [3.05, 3.63) is 37.9 Å². The van der Waals surface area contributed by atoms with Gasteiger partial charge in [-0.05, 0) is 34.7 Å². The number of nitrogens with zero attached hydrogens (tertiary/aromatic N) is 2. The zero-order valence-corrected chi connectivity index (χ0v) is 11.7. The zero-order chi connectivity index (χ0) is 12.3. The monoisotopic (exact) mass is 357 g/mol. The Morgan fingerprint density at radius 2 is 2.35 bits per heavy atom. The molecule has 6 heteroatoms. The number of hydrogen-bond acceptors (Lipinski definition) is 5. The molecule has 1 heterocycles. The molecule has 0 fully saturated rings. The summed E-state index contributed by atoms with van der Waals surface area (Å²) in [5.74, 6) is 0.623. The first-order valence-corrected chi connectivity index (χ1v) is 6.66. The second kappa shape index (κ2) is 5.33. The van der Waals surface area contributed by atoms with Crippen molar-refractivity contribution in [2.75, 3.05) is 5.73 Å². The van der Waals surface area contributed by atoms with Crippen LogP contribution >= 0.6 is 33.9 Å². The molecule has 4 nitrogen and oxygen atoms in total.